The van der Waals surface area contributed by atoms with Crippen LogP contribution in [0.5, 0.6) is 5.75 Å². The van der Waals surface area contributed by atoms with Crippen LogP contribution in [0, 0.1) is 10.1 Å². The lowest BCUT2D eigenvalue weighted by Crippen LogP contribution is -2.19. The Kier molecular flexibility index (Phi) is 6.17. The molecular weight excluding hydrogens is 382 g/mol. The maximum atomic E-state index is 12.6. The van der Waals surface area contributed by atoms with Gasteiger partial charge in [0.15, 0.2) is 4.80 Å². The lowest BCUT2D eigenvalue weighted by molar-refractivity contribution is -0.384. The average molecular weight is 401 g/mol. The van der Waals surface area contributed by atoms with Crippen molar-refractivity contribution in [2.75, 3.05) is 20.3 Å². The Bertz CT molecular complexity index is 1090. The molecule has 0 aliphatic rings. The molecule has 1 amide bonds. The Morgan fingerprint density at radius 1 is 1.29 bits per heavy atom. The second-order valence-corrected chi connectivity index (χ2v) is 6.80. The van der Waals surface area contributed by atoms with Gasteiger partial charge in [-0.25, -0.2) is 0 Å². The van der Waals surface area contributed by atoms with E-state index in [1.54, 1.807) is 30.3 Å². The number of amides is 1. The monoisotopic (exact) mass is 401 g/mol. The first-order valence-electron chi connectivity index (χ1n) is 8.62. The molecule has 3 rings (SSSR count). The molecule has 0 unspecified atom stereocenters. The molecule has 0 spiro atoms. The van der Waals surface area contributed by atoms with Crippen molar-refractivity contribution in [3.8, 4) is 5.75 Å². The Morgan fingerprint density at radius 3 is 2.82 bits per heavy atom. The summed E-state index contributed by atoms with van der Waals surface area (Å²) in [5, 5.41) is 11.1. The number of fused-ring (bicyclic) bond motifs is 1. The molecule has 1 aromatic heterocycles. The van der Waals surface area contributed by atoms with Crippen molar-refractivity contribution in [1.82, 2.24) is 4.57 Å². The summed E-state index contributed by atoms with van der Waals surface area (Å²) in [6, 6.07) is 11.4. The second-order valence-electron chi connectivity index (χ2n) is 5.79. The predicted octanol–water partition coefficient (Wildman–Crippen LogP) is 3.40. The summed E-state index contributed by atoms with van der Waals surface area (Å²) < 4.78 is 13.1. The first-order valence-corrected chi connectivity index (χ1v) is 9.43. The molecule has 0 aliphatic carbocycles. The smallest absolute Gasteiger partial charge is 0.279 e. The van der Waals surface area contributed by atoms with E-state index < -0.39 is 10.8 Å². The van der Waals surface area contributed by atoms with Gasteiger partial charge in [0.25, 0.3) is 11.6 Å². The zero-order valence-electron chi connectivity index (χ0n) is 15.5. The van der Waals surface area contributed by atoms with E-state index >= 15 is 0 Å². The molecule has 0 N–H and O–H groups in total. The molecule has 0 fully saturated rings. The van der Waals surface area contributed by atoms with Gasteiger partial charge in [-0.1, -0.05) is 17.4 Å². The van der Waals surface area contributed by atoms with Gasteiger partial charge < -0.3 is 14.0 Å². The van der Waals surface area contributed by atoms with Crippen LogP contribution in [0.4, 0.5) is 5.69 Å². The minimum absolute atomic E-state index is 0.00335. The summed E-state index contributed by atoms with van der Waals surface area (Å²) in [6.07, 6.45) is 0. The number of aromatic nitrogens is 1. The molecule has 0 radical (unpaired) electrons. The van der Waals surface area contributed by atoms with Crippen molar-refractivity contribution in [3.63, 3.8) is 0 Å². The van der Waals surface area contributed by atoms with E-state index in [1.165, 1.54) is 30.6 Å². The fourth-order valence-corrected chi connectivity index (χ4v) is 3.77. The maximum absolute atomic E-state index is 12.6. The summed E-state index contributed by atoms with van der Waals surface area (Å²) in [4.78, 5) is 28.0. The first-order chi connectivity index (χ1) is 13.5. The third-order valence-corrected chi connectivity index (χ3v) is 5.10. The number of benzene rings is 2. The highest BCUT2D eigenvalue weighted by atomic mass is 32.1. The van der Waals surface area contributed by atoms with E-state index in [0.717, 1.165) is 5.52 Å². The molecular formula is C19H19N3O5S. The number of ether oxygens (including phenoxy) is 2. The molecule has 0 atom stereocenters. The van der Waals surface area contributed by atoms with E-state index in [1.807, 2.05) is 11.5 Å². The Hall–Kier alpha value is -3.04. The molecule has 28 heavy (non-hydrogen) atoms. The Labute approximate surface area is 164 Å². The Morgan fingerprint density at radius 2 is 2.11 bits per heavy atom. The third-order valence-electron chi connectivity index (χ3n) is 4.05. The van der Waals surface area contributed by atoms with Gasteiger partial charge in [-0.3, -0.25) is 14.9 Å². The van der Waals surface area contributed by atoms with Gasteiger partial charge in [0.2, 0.25) is 0 Å². The summed E-state index contributed by atoms with van der Waals surface area (Å²) >= 11 is 1.23. The lowest BCUT2D eigenvalue weighted by atomic mass is 10.2. The number of rotatable bonds is 7. The van der Waals surface area contributed by atoms with E-state index in [0.29, 0.717) is 40.6 Å². The molecule has 0 bridgehead atoms. The van der Waals surface area contributed by atoms with Crippen LogP contribution in [0.3, 0.4) is 0 Å². The van der Waals surface area contributed by atoms with Crippen molar-refractivity contribution < 1.29 is 19.2 Å². The highest BCUT2D eigenvalue weighted by Crippen LogP contribution is 2.23. The number of methoxy groups -OCH3 is 1. The number of non-ortho nitro benzene ring substituents is 1. The maximum Gasteiger partial charge on any atom is 0.279 e. The van der Waals surface area contributed by atoms with Gasteiger partial charge in [-0.2, -0.15) is 4.99 Å². The highest BCUT2D eigenvalue weighted by molar-refractivity contribution is 7.16. The van der Waals surface area contributed by atoms with Gasteiger partial charge in [-0.05, 0) is 31.2 Å². The largest absolute Gasteiger partial charge is 0.497 e. The number of nitro groups is 1. The molecule has 8 nitrogen and oxygen atoms in total. The normalized spacial score (nSPS) is 11.7. The second kappa shape index (κ2) is 8.77. The average Bonchev–Trinajstić information content (AvgIpc) is 3.04. The van der Waals surface area contributed by atoms with E-state index in [-0.39, 0.29) is 5.69 Å². The number of thiazole rings is 1. The molecule has 0 aliphatic heterocycles. The molecule has 146 valence electrons. The van der Waals surface area contributed by atoms with Gasteiger partial charge in [0.05, 0.1) is 28.9 Å². The van der Waals surface area contributed by atoms with Crippen LogP contribution < -0.4 is 9.54 Å². The predicted molar refractivity (Wildman–Crippen MR) is 106 cm³/mol. The molecule has 9 heteroatoms. The number of hydrogen-bond donors (Lipinski definition) is 0. The van der Waals surface area contributed by atoms with Gasteiger partial charge in [0.1, 0.15) is 5.75 Å². The van der Waals surface area contributed by atoms with Crippen LogP contribution in [-0.2, 0) is 11.3 Å². The topological polar surface area (TPSA) is 96.0 Å². The van der Waals surface area contributed by atoms with Crippen LogP contribution >= 0.6 is 11.3 Å². The van der Waals surface area contributed by atoms with Crippen molar-refractivity contribution in [1.29, 1.82) is 0 Å². The lowest BCUT2D eigenvalue weighted by Gasteiger charge is -2.05. The fourth-order valence-electron chi connectivity index (χ4n) is 2.68. The van der Waals surface area contributed by atoms with Crippen molar-refractivity contribution in [2.24, 2.45) is 4.99 Å². The third kappa shape index (κ3) is 4.26. The fraction of sp³-hybridized carbons (Fsp3) is 0.263. The van der Waals surface area contributed by atoms with Crippen LogP contribution in [0.1, 0.15) is 17.3 Å². The van der Waals surface area contributed by atoms with E-state index in [9.17, 15) is 14.9 Å². The van der Waals surface area contributed by atoms with E-state index in [4.69, 9.17) is 9.47 Å². The minimum Gasteiger partial charge on any atom is -0.497 e. The van der Waals surface area contributed by atoms with Crippen LogP contribution in [-0.4, -0.2) is 35.7 Å². The zero-order valence-corrected chi connectivity index (χ0v) is 16.3. The molecule has 0 saturated heterocycles. The molecule has 0 saturated carbocycles. The van der Waals surface area contributed by atoms with Crippen molar-refractivity contribution in [2.45, 2.75) is 13.5 Å². The van der Waals surface area contributed by atoms with Crippen molar-refractivity contribution in [3.05, 3.63) is 62.9 Å². The van der Waals surface area contributed by atoms with Gasteiger partial charge in [0, 0.05) is 30.8 Å². The Balaban J connectivity index is 2.08. The molecule has 3 aromatic rings. The van der Waals surface area contributed by atoms with Crippen LogP contribution in [0.25, 0.3) is 10.2 Å². The minimum atomic E-state index is -0.443. The van der Waals surface area contributed by atoms with E-state index in [2.05, 4.69) is 4.99 Å². The zero-order chi connectivity index (χ0) is 20.1. The molecule has 2 aromatic carbocycles. The standard InChI is InChI=1S/C19H19N3O5S/c1-3-27-10-9-21-16-8-7-14(22(24)25)12-17(16)28-19(21)20-18(23)13-5-4-6-15(11-13)26-2/h4-8,11-12H,3,9-10H2,1-2H3. The molecule has 1 heterocycles. The number of hydrogen-bond acceptors (Lipinski definition) is 6. The number of carbonyl (C=O) groups is 1. The number of nitro benzene ring substituents is 1. The number of carbonyl (C=O) groups excluding carboxylic acids is 1. The van der Waals surface area contributed by atoms with Crippen molar-refractivity contribution >= 4 is 33.1 Å². The summed E-state index contributed by atoms with van der Waals surface area (Å²) in [7, 11) is 1.53. The quantitative estimate of drug-likeness (QED) is 0.343. The number of nitrogens with zero attached hydrogens (tertiary/aromatic N) is 3. The summed E-state index contributed by atoms with van der Waals surface area (Å²) in [5.41, 5.74) is 1.17. The van der Waals surface area contributed by atoms with Crippen LogP contribution in [0.2, 0.25) is 0 Å². The van der Waals surface area contributed by atoms with Crippen LogP contribution in [0.15, 0.2) is 47.5 Å². The van der Waals surface area contributed by atoms with Gasteiger partial charge in [-0.15, -0.1) is 0 Å². The highest BCUT2D eigenvalue weighted by Gasteiger charge is 2.13. The van der Waals surface area contributed by atoms with Gasteiger partial charge >= 0.3 is 0 Å². The SMILES string of the molecule is CCOCCn1c(=NC(=O)c2cccc(OC)c2)sc2cc([N+](=O)[O-])ccc21. The summed E-state index contributed by atoms with van der Waals surface area (Å²) in [5.74, 6) is 0.155. The first kappa shape index (κ1) is 19.7. The summed E-state index contributed by atoms with van der Waals surface area (Å²) in [6.45, 7) is 3.40.